The lowest BCUT2D eigenvalue weighted by Crippen LogP contribution is -2.28. The fraction of sp³-hybridized carbons (Fsp3) is 0.280. The largest absolute Gasteiger partial charge is 0.256 e. The fourth-order valence-electron chi connectivity index (χ4n) is 4.50. The molecule has 1 aliphatic rings. The van der Waals surface area contributed by atoms with Gasteiger partial charge in [-0.05, 0) is 33.9 Å². The summed E-state index contributed by atoms with van der Waals surface area (Å²) < 4.78 is 0. The molecule has 5 rings (SSSR count). The molecular formula is C25H24N2. The summed E-state index contributed by atoms with van der Waals surface area (Å²) in [7, 11) is 0. The zero-order valence-electron chi connectivity index (χ0n) is 16.6. The minimum atomic E-state index is -0.189. The first-order valence-electron chi connectivity index (χ1n) is 9.62. The van der Waals surface area contributed by atoms with E-state index in [0.29, 0.717) is 0 Å². The highest BCUT2D eigenvalue weighted by molar-refractivity contribution is 6.05. The van der Waals surface area contributed by atoms with Gasteiger partial charge in [0.15, 0.2) is 0 Å². The molecule has 2 aromatic heterocycles. The Morgan fingerprint density at radius 3 is 2.44 bits per heavy atom. The summed E-state index contributed by atoms with van der Waals surface area (Å²) in [6.07, 6.45) is 1.94. The molecule has 0 amide bonds. The molecule has 2 nitrogen and oxygen atoms in total. The third-order valence-corrected chi connectivity index (χ3v) is 5.91. The molecule has 134 valence electrons. The van der Waals surface area contributed by atoms with E-state index in [1.54, 1.807) is 0 Å². The molecule has 0 N–H and O–H groups in total. The lowest BCUT2D eigenvalue weighted by atomic mass is 9.70. The van der Waals surface area contributed by atoms with Gasteiger partial charge in [-0.25, -0.2) is 0 Å². The van der Waals surface area contributed by atoms with E-state index < -0.39 is 0 Å². The van der Waals surface area contributed by atoms with Crippen LogP contribution in [-0.4, -0.2) is 9.97 Å². The Bertz CT molecular complexity index is 1230. The van der Waals surface area contributed by atoms with Crippen molar-refractivity contribution in [2.45, 2.75) is 45.4 Å². The average molecular weight is 352 g/mol. The summed E-state index contributed by atoms with van der Waals surface area (Å²) in [6.45, 7) is 11.3. The van der Waals surface area contributed by atoms with Gasteiger partial charge in [0.25, 0.3) is 0 Å². The summed E-state index contributed by atoms with van der Waals surface area (Å²) in [5, 5.41) is 5.01. The normalized spacial score (nSPS) is 15.1. The molecule has 2 aromatic carbocycles. The summed E-state index contributed by atoms with van der Waals surface area (Å²) in [5.41, 5.74) is 5.75. The molecule has 0 unspecified atom stereocenters. The summed E-state index contributed by atoms with van der Waals surface area (Å²) in [4.78, 5) is 10.0. The Morgan fingerprint density at radius 1 is 0.889 bits per heavy atom. The number of rotatable bonds is 0. The van der Waals surface area contributed by atoms with Gasteiger partial charge in [0, 0.05) is 33.7 Å². The second-order valence-electron chi connectivity index (χ2n) is 9.20. The monoisotopic (exact) mass is 352 g/mol. The van der Waals surface area contributed by atoms with Crippen molar-refractivity contribution in [2.24, 2.45) is 0 Å². The van der Waals surface area contributed by atoms with Gasteiger partial charge in [-0.3, -0.25) is 9.97 Å². The number of aromatic nitrogens is 2. The molecule has 2 heterocycles. The van der Waals surface area contributed by atoms with Crippen molar-refractivity contribution in [3.63, 3.8) is 0 Å². The zero-order chi connectivity index (χ0) is 19.0. The van der Waals surface area contributed by atoms with Gasteiger partial charge in [0.05, 0.1) is 11.4 Å². The molecule has 0 radical (unpaired) electrons. The maximum Gasteiger partial charge on any atom is 0.0802 e. The van der Waals surface area contributed by atoms with E-state index in [1.165, 1.54) is 32.7 Å². The molecular weight excluding hydrogens is 328 g/mol. The van der Waals surface area contributed by atoms with Crippen molar-refractivity contribution in [1.29, 1.82) is 0 Å². The van der Waals surface area contributed by atoms with E-state index in [2.05, 4.69) is 83.1 Å². The van der Waals surface area contributed by atoms with E-state index in [9.17, 15) is 0 Å². The van der Waals surface area contributed by atoms with Crippen LogP contribution in [0.3, 0.4) is 0 Å². The third kappa shape index (κ3) is 2.19. The van der Waals surface area contributed by atoms with Crippen molar-refractivity contribution in [3.8, 4) is 11.3 Å². The zero-order valence-corrected chi connectivity index (χ0v) is 16.6. The molecule has 0 atom stereocenters. The van der Waals surface area contributed by atoms with Crippen molar-refractivity contribution in [2.75, 3.05) is 0 Å². The van der Waals surface area contributed by atoms with Gasteiger partial charge < -0.3 is 0 Å². The maximum absolute atomic E-state index is 5.22. The van der Waals surface area contributed by atoms with Crippen LogP contribution in [0.1, 0.15) is 51.6 Å². The highest BCUT2D eigenvalue weighted by Gasteiger charge is 2.37. The van der Waals surface area contributed by atoms with Gasteiger partial charge in [0.2, 0.25) is 0 Å². The SMILES string of the molecule is CC(C)(C)c1cc2ccnc3c2c(n1)C(C)(C)c1c-3ccc2ccccc12. The minimum Gasteiger partial charge on any atom is -0.256 e. The molecule has 27 heavy (non-hydrogen) atoms. The smallest absolute Gasteiger partial charge is 0.0802 e. The molecule has 2 heteroatoms. The lowest BCUT2D eigenvalue weighted by molar-refractivity contribution is 0.551. The van der Waals surface area contributed by atoms with Crippen LogP contribution in [0.2, 0.25) is 0 Å². The first-order valence-corrected chi connectivity index (χ1v) is 9.62. The van der Waals surface area contributed by atoms with E-state index in [-0.39, 0.29) is 10.8 Å². The van der Waals surface area contributed by atoms with Crippen molar-refractivity contribution >= 4 is 21.5 Å². The second-order valence-corrected chi connectivity index (χ2v) is 9.20. The van der Waals surface area contributed by atoms with E-state index in [0.717, 1.165) is 17.1 Å². The number of hydrogen-bond acceptors (Lipinski definition) is 2. The van der Waals surface area contributed by atoms with Gasteiger partial charge in [-0.15, -0.1) is 0 Å². The highest BCUT2D eigenvalue weighted by Crippen LogP contribution is 2.49. The van der Waals surface area contributed by atoms with Crippen LogP contribution >= 0.6 is 0 Å². The van der Waals surface area contributed by atoms with Crippen LogP contribution in [0.25, 0.3) is 32.8 Å². The lowest BCUT2D eigenvalue weighted by Gasteiger charge is -2.35. The van der Waals surface area contributed by atoms with Crippen LogP contribution in [0.4, 0.5) is 0 Å². The Balaban J connectivity index is 1.99. The van der Waals surface area contributed by atoms with Crippen LogP contribution in [-0.2, 0) is 10.8 Å². The van der Waals surface area contributed by atoms with Crippen molar-refractivity contribution in [3.05, 3.63) is 71.7 Å². The predicted molar refractivity (Wildman–Crippen MR) is 113 cm³/mol. The summed E-state index contributed by atoms with van der Waals surface area (Å²) in [6, 6.07) is 17.5. The van der Waals surface area contributed by atoms with Crippen molar-refractivity contribution in [1.82, 2.24) is 9.97 Å². The maximum atomic E-state index is 5.22. The molecule has 0 fully saturated rings. The topological polar surface area (TPSA) is 25.8 Å². The first-order chi connectivity index (χ1) is 12.8. The van der Waals surface area contributed by atoms with Gasteiger partial charge >= 0.3 is 0 Å². The Morgan fingerprint density at radius 2 is 1.67 bits per heavy atom. The molecule has 4 aromatic rings. The van der Waals surface area contributed by atoms with Gasteiger partial charge in [0.1, 0.15) is 0 Å². The van der Waals surface area contributed by atoms with Gasteiger partial charge in [-0.1, -0.05) is 71.0 Å². The second kappa shape index (κ2) is 5.16. The Hall–Kier alpha value is -2.74. The van der Waals surface area contributed by atoms with Crippen LogP contribution in [0.5, 0.6) is 0 Å². The fourth-order valence-corrected chi connectivity index (χ4v) is 4.50. The highest BCUT2D eigenvalue weighted by atomic mass is 14.8. The Labute approximate surface area is 160 Å². The van der Waals surface area contributed by atoms with Gasteiger partial charge in [-0.2, -0.15) is 0 Å². The predicted octanol–water partition coefficient (Wildman–Crippen LogP) is 6.39. The number of fused-ring (bicyclic) bond motifs is 4. The van der Waals surface area contributed by atoms with E-state index >= 15 is 0 Å². The van der Waals surface area contributed by atoms with Crippen LogP contribution in [0.15, 0.2) is 54.7 Å². The van der Waals surface area contributed by atoms with Crippen molar-refractivity contribution < 1.29 is 0 Å². The van der Waals surface area contributed by atoms with Crippen LogP contribution in [0, 0.1) is 0 Å². The van der Waals surface area contributed by atoms with E-state index in [4.69, 9.17) is 9.97 Å². The standard InChI is InChI=1S/C25H24N2/c1-24(2,3)19-14-16-12-13-26-22-18-11-10-15-8-6-7-9-17(15)21(18)25(4,5)23(27-19)20(16)22/h6-14H,1-5H3. The molecule has 1 aliphatic carbocycles. The van der Waals surface area contributed by atoms with Crippen LogP contribution < -0.4 is 0 Å². The quantitative estimate of drug-likeness (QED) is 0.366. The molecule has 0 saturated carbocycles. The number of benzene rings is 2. The minimum absolute atomic E-state index is 0.00321. The summed E-state index contributed by atoms with van der Waals surface area (Å²) >= 11 is 0. The summed E-state index contributed by atoms with van der Waals surface area (Å²) in [5.74, 6) is 0. The number of pyridine rings is 2. The molecule has 0 aliphatic heterocycles. The molecule has 0 bridgehead atoms. The Kier molecular flexibility index (Phi) is 3.14. The molecule has 0 saturated heterocycles. The van der Waals surface area contributed by atoms with E-state index in [1.807, 2.05) is 6.20 Å². The molecule has 0 spiro atoms. The third-order valence-electron chi connectivity index (χ3n) is 5.91. The average Bonchev–Trinajstić information content (AvgIpc) is 2.64. The number of nitrogens with zero attached hydrogens (tertiary/aromatic N) is 2. The first kappa shape index (κ1) is 16.4. The number of hydrogen-bond donors (Lipinski definition) is 0.